The Morgan fingerprint density at radius 2 is 2.10 bits per heavy atom. The van der Waals surface area contributed by atoms with Crippen LogP contribution in [-0.2, 0) is 11.3 Å². The Hall–Kier alpha value is -2.12. The van der Waals surface area contributed by atoms with Gasteiger partial charge < -0.3 is 10.4 Å². The third kappa shape index (κ3) is 3.50. The van der Waals surface area contributed by atoms with Gasteiger partial charge in [0.05, 0.1) is 4.92 Å². The highest BCUT2D eigenvalue weighted by molar-refractivity contribution is 5.83. The van der Waals surface area contributed by atoms with Crippen LogP contribution in [0.15, 0.2) is 0 Å². The summed E-state index contributed by atoms with van der Waals surface area (Å²) in [5.41, 5.74) is -1.15. The van der Waals surface area contributed by atoms with Crippen LogP contribution in [0.5, 0.6) is 0 Å². The Bertz CT molecular complexity index is 541. The van der Waals surface area contributed by atoms with Gasteiger partial charge in [0.25, 0.3) is 0 Å². The van der Waals surface area contributed by atoms with Crippen molar-refractivity contribution in [2.24, 2.45) is 0 Å². The van der Waals surface area contributed by atoms with E-state index >= 15 is 0 Å². The fraction of sp³-hybridized carbons (Fsp3) is 0.692. The van der Waals surface area contributed by atoms with Crippen molar-refractivity contribution in [3.05, 3.63) is 15.8 Å². The number of hydrogen-bond donors (Lipinski definition) is 2. The molecular weight excluding hydrogens is 276 g/mol. The molecule has 0 fully saturated rings. The number of carboxylic acid groups (broad SMARTS) is 1. The zero-order valence-corrected chi connectivity index (χ0v) is 12.8. The van der Waals surface area contributed by atoms with Gasteiger partial charge in [0, 0.05) is 6.54 Å². The summed E-state index contributed by atoms with van der Waals surface area (Å²) in [6.07, 6.45) is 1.74. The molecule has 1 aromatic rings. The monoisotopic (exact) mass is 298 g/mol. The first kappa shape index (κ1) is 16.9. The lowest BCUT2D eigenvalue weighted by atomic mass is 9.96. The molecule has 0 bridgehead atoms. The second-order valence-electron chi connectivity index (χ2n) is 5.28. The number of nitrogens with zero attached hydrogens (tertiary/aromatic N) is 3. The molecule has 0 saturated heterocycles. The van der Waals surface area contributed by atoms with Crippen molar-refractivity contribution in [2.45, 2.75) is 59.0 Å². The molecule has 0 radical (unpaired) electrons. The third-order valence-electron chi connectivity index (χ3n) is 3.33. The van der Waals surface area contributed by atoms with Crippen molar-refractivity contribution in [1.82, 2.24) is 9.78 Å². The predicted molar refractivity (Wildman–Crippen MR) is 78.5 cm³/mol. The minimum atomic E-state index is -1.27. The van der Waals surface area contributed by atoms with E-state index in [2.05, 4.69) is 10.4 Å². The first-order valence-corrected chi connectivity index (χ1v) is 7.00. The molecule has 21 heavy (non-hydrogen) atoms. The van der Waals surface area contributed by atoms with Crippen LogP contribution in [-0.4, -0.2) is 31.3 Å². The zero-order chi connectivity index (χ0) is 16.2. The Balaban J connectivity index is 3.32. The lowest BCUT2D eigenvalue weighted by Crippen LogP contribution is -2.44. The third-order valence-corrected chi connectivity index (χ3v) is 3.33. The second kappa shape index (κ2) is 6.55. The number of aryl methyl sites for hydroxylation is 2. The molecule has 0 spiro atoms. The van der Waals surface area contributed by atoms with Crippen LogP contribution < -0.4 is 5.32 Å². The van der Waals surface area contributed by atoms with Gasteiger partial charge in [0.15, 0.2) is 0 Å². The molecule has 0 aromatic carbocycles. The molecule has 1 atom stereocenters. The maximum Gasteiger partial charge on any atom is 0.333 e. The number of carboxylic acids is 1. The van der Waals surface area contributed by atoms with E-state index in [9.17, 15) is 20.0 Å². The lowest BCUT2D eigenvalue weighted by Gasteiger charge is -2.26. The largest absolute Gasteiger partial charge is 0.480 e. The van der Waals surface area contributed by atoms with Crippen molar-refractivity contribution in [1.29, 1.82) is 0 Å². The number of nitro groups is 1. The molecule has 0 aliphatic heterocycles. The molecule has 0 amide bonds. The van der Waals surface area contributed by atoms with Gasteiger partial charge in [-0.2, -0.15) is 5.10 Å². The SMILES string of the molecule is CCCn1nc(C)c([N+](=O)[O-])c1NC(C)(CCC)C(=O)O. The van der Waals surface area contributed by atoms with Gasteiger partial charge >= 0.3 is 11.7 Å². The smallest absolute Gasteiger partial charge is 0.333 e. The molecule has 118 valence electrons. The molecule has 0 saturated carbocycles. The Labute approximate surface area is 123 Å². The molecular formula is C13H22N4O4. The van der Waals surface area contributed by atoms with E-state index in [0.29, 0.717) is 19.4 Å². The summed E-state index contributed by atoms with van der Waals surface area (Å²) in [6.45, 7) is 7.36. The van der Waals surface area contributed by atoms with Crippen LogP contribution in [0.2, 0.25) is 0 Å². The first-order chi connectivity index (χ1) is 9.76. The van der Waals surface area contributed by atoms with Gasteiger partial charge in [0.2, 0.25) is 5.82 Å². The summed E-state index contributed by atoms with van der Waals surface area (Å²) in [4.78, 5) is 22.2. The van der Waals surface area contributed by atoms with Gasteiger partial charge in [-0.05, 0) is 26.7 Å². The highest BCUT2D eigenvalue weighted by Gasteiger charge is 2.37. The molecule has 0 aliphatic rings. The number of carbonyl (C=O) groups is 1. The van der Waals surface area contributed by atoms with E-state index in [1.54, 1.807) is 6.92 Å². The Morgan fingerprint density at radius 3 is 2.52 bits per heavy atom. The highest BCUT2D eigenvalue weighted by Crippen LogP contribution is 2.32. The maximum absolute atomic E-state index is 11.5. The van der Waals surface area contributed by atoms with Crippen LogP contribution in [0, 0.1) is 17.0 Å². The Kier molecular flexibility index (Phi) is 5.28. The average Bonchev–Trinajstić information content (AvgIpc) is 2.66. The van der Waals surface area contributed by atoms with Gasteiger partial charge in [-0.3, -0.25) is 10.1 Å². The summed E-state index contributed by atoms with van der Waals surface area (Å²) in [5.74, 6) is -0.877. The number of hydrogen-bond acceptors (Lipinski definition) is 5. The van der Waals surface area contributed by atoms with E-state index < -0.39 is 16.4 Å². The molecule has 0 aliphatic carbocycles. The van der Waals surface area contributed by atoms with E-state index in [0.717, 1.165) is 6.42 Å². The van der Waals surface area contributed by atoms with Gasteiger partial charge in [-0.15, -0.1) is 0 Å². The van der Waals surface area contributed by atoms with Crippen molar-refractivity contribution < 1.29 is 14.8 Å². The van der Waals surface area contributed by atoms with Crippen molar-refractivity contribution in [3.63, 3.8) is 0 Å². The minimum absolute atomic E-state index is 0.160. The number of anilines is 1. The zero-order valence-electron chi connectivity index (χ0n) is 12.8. The predicted octanol–water partition coefficient (Wildman–Crippen LogP) is 2.57. The average molecular weight is 298 g/mol. The van der Waals surface area contributed by atoms with Gasteiger partial charge in [-0.1, -0.05) is 20.3 Å². The number of aliphatic carboxylic acids is 1. The van der Waals surface area contributed by atoms with Crippen LogP contribution in [0.1, 0.15) is 45.7 Å². The number of rotatable bonds is 8. The summed E-state index contributed by atoms with van der Waals surface area (Å²) in [7, 11) is 0. The maximum atomic E-state index is 11.5. The molecule has 1 unspecified atom stereocenters. The van der Waals surface area contributed by atoms with E-state index in [1.807, 2.05) is 13.8 Å². The normalized spacial score (nSPS) is 13.7. The van der Waals surface area contributed by atoms with Crippen molar-refractivity contribution >= 4 is 17.5 Å². The molecule has 2 N–H and O–H groups in total. The number of aromatic nitrogens is 2. The summed E-state index contributed by atoms with van der Waals surface area (Å²) < 4.78 is 1.48. The van der Waals surface area contributed by atoms with E-state index in [-0.39, 0.29) is 17.2 Å². The lowest BCUT2D eigenvalue weighted by molar-refractivity contribution is -0.384. The summed E-state index contributed by atoms with van der Waals surface area (Å²) in [5, 5.41) is 27.6. The topological polar surface area (TPSA) is 110 Å². The van der Waals surface area contributed by atoms with Gasteiger partial charge in [-0.25, -0.2) is 9.48 Å². The quantitative estimate of drug-likeness (QED) is 0.563. The number of nitrogens with one attached hydrogen (secondary N) is 1. The fourth-order valence-corrected chi connectivity index (χ4v) is 2.27. The molecule has 8 heteroatoms. The van der Waals surface area contributed by atoms with Crippen molar-refractivity contribution in [2.75, 3.05) is 5.32 Å². The van der Waals surface area contributed by atoms with Crippen molar-refractivity contribution in [3.8, 4) is 0 Å². The Morgan fingerprint density at radius 1 is 1.48 bits per heavy atom. The summed E-state index contributed by atoms with van der Waals surface area (Å²) >= 11 is 0. The second-order valence-corrected chi connectivity index (χ2v) is 5.28. The molecule has 1 aromatic heterocycles. The molecule has 8 nitrogen and oxygen atoms in total. The molecule has 1 heterocycles. The highest BCUT2D eigenvalue weighted by atomic mass is 16.6. The van der Waals surface area contributed by atoms with Crippen LogP contribution in [0.3, 0.4) is 0 Å². The fourth-order valence-electron chi connectivity index (χ4n) is 2.27. The van der Waals surface area contributed by atoms with Crippen LogP contribution >= 0.6 is 0 Å². The first-order valence-electron chi connectivity index (χ1n) is 7.00. The van der Waals surface area contributed by atoms with Crippen LogP contribution in [0.4, 0.5) is 11.5 Å². The minimum Gasteiger partial charge on any atom is -0.480 e. The molecule has 1 rings (SSSR count). The van der Waals surface area contributed by atoms with E-state index in [4.69, 9.17) is 0 Å². The van der Waals surface area contributed by atoms with E-state index in [1.165, 1.54) is 11.6 Å². The van der Waals surface area contributed by atoms with Crippen LogP contribution in [0.25, 0.3) is 0 Å². The summed E-state index contributed by atoms with van der Waals surface area (Å²) in [6, 6.07) is 0. The van der Waals surface area contributed by atoms with Gasteiger partial charge in [0.1, 0.15) is 11.2 Å². The standard InChI is InChI=1S/C13H22N4O4/c1-5-7-13(4,12(18)19)14-11-10(17(20)21)9(3)15-16(11)8-6-2/h14H,5-8H2,1-4H3,(H,18,19).